The molecule has 4 aliphatic rings. The van der Waals surface area contributed by atoms with Gasteiger partial charge in [0.05, 0.1) is 7.11 Å². The number of ketones is 1. The van der Waals surface area contributed by atoms with Crippen molar-refractivity contribution in [2.75, 3.05) is 7.11 Å². The number of hydrogen-bond donors (Lipinski definition) is 0. The molecule has 4 unspecified atom stereocenters. The Morgan fingerprint density at radius 2 is 2.27 bits per heavy atom. The zero-order valence-corrected chi connectivity index (χ0v) is 8.79. The van der Waals surface area contributed by atoms with Crippen LogP contribution in [0.15, 0.2) is 5.76 Å². The molecule has 3 nitrogen and oxygen atoms in total. The van der Waals surface area contributed by atoms with Gasteiger partial charge in [-0.05, 0) is 31.6 Å². The minimum atomic E-state index is -0.136. The summed E-state index contributed by atoms with van der Waals surface area (Å²) in [5, 5.41) is 0. The van der Waals surface area contributed by atoms with Crippen LogP contribution in [0.25, 0.3) is 0 Å². The largest absolute Gasteiger partial charge is 0.489 e. The maximum absolute atomic E-state index is 11.8. The van der Waals surface area contributed by atoms with Gasteiger partial charge in [0.25, 0.3) is 0 Å². The van der Waals surface area contributed by atoms with E-state index in [9.17, 15) is 9.59 Å². The summed E-state index contributed by atoms with van der Waals surface area (Å²) in [6, 6.07) is 0. The number of rotatable bonds is 2. The summed E-state index contributed by atoms with van der Waals surface area (Å²) in [5.41, 5.74) is -0.136. The molecule has 4 bridgehead atoms. The SMILES string of the molecule is COC(=C=O)C12CC3CC(C1)C(C2)C3=O. The van der Waals surface area contributed by atoms with E-state index in [1.54, 1.807) is 0 Å². The molecule has 0 aliphatic heterocycles. The van der Waals surface area contributed by atoms with Gasteiger partial charge in [0.1, 0.15) is 5.78 Å². The second-order valence-electron chi connectivity index (χ2n) is 5.23. The third-order valence-corrected chi connectivity index (χ3v) is 4.60. The van der Waals surface area contributed by atoms with Crippen molar-refractivity contribution >= 4 is 11.7 Å². The Bertz CT molecular complexity index is 376. The van der Waals surface area contributed by atoms with Crippen LogP contribution in [0.4, 0.5) is 0 Å². The maximum atomic E-state index is 11.8. The molecule has 4 aliphatic carbocycles. The van der Waals surface area contributed by atoms with Gasteiger partial charge >= 0.3 is 0 Å². The van der Waals surface area contributed by atoms with E-state index in [0.717, 1.165) is 25.7 Å². The second-order valence-corrected chi connectivity index (χ2v) is 5.23. The summed E-state index contributed by atoms with van der Waals surface area (Å²) in [5.74, 6) is 3.73. The normalized spacial score (nSPS) is 45.7. The summed E-state index contributed by atoms with van der Waals surface area (Å²) in [6.07, 6.45) is 3.64. The lowest BCUT2D eigenvalue weighted by atomic mass is 9.68. The molecule has 4 rings (SSSR count). The lowest BCUT2D eigenvalue weighted by Gasteiger charge is -2.36. The van der Waals surface area contributed by atoms with E-state index >= 15 is 0 Å². The summed E-state index contributed by atoms with van der Waals surface area (Å²) in [4.78, 5) is 22.7. The molecule has 0 aromatic rings. The molecule has 0 amide bonds. The molecule has 0 aromatic heterocycles. The molecule has 0 radical (unpaired) electrons. The van der Waals surface area contributed by atoms with Gasteiger partial charge in [-0.15, -0.1) is 0 Å². The van der Waals surface area contributed by atoms with Crippen LogP contribution in [-0.2, 0) is 14.3 Å². The zero-order valence-electron chi connectivity index (χ0n) is 8.79. The quantitative estimate of drug-likeness (QED) is 0.506. The zero-order chi connectivity index (χ0) is 10.6. The first-order chi connectivity index (χ1) is 7.20. The van der Waals surface area contributed by atoms with E-state index in [-0.39, 0.29) is 17.3 Å². The Morgan fingerprint density at radius 1 is 1.47 bits per heavy atom. The Hall–Kier alpha value is -1.08. The standard InChI is InChI=1S/C12H14O3/c1-15-10(6-13)12-3-7-2-8(4-12)11(14)9(7)5-12/h7-9H,2-5H2,1H3. The van der Waals surface area contributed by atoms with Crippen LogP contribution in [0.5, 0.6) is 0 Å². The van der Waals surface area contributed by atoms with Gasteiger partial charge in [-0.3, -0.25) is 4.79 Å². The predicted octanol–water partition coefficient (Wildman–Crippen LogP) is 1.35. The molecular formula is C12H14O3. The summed E-state index contributed by atoms with van der Waals surface area (Å²) in [7, 11) is 1.53. The molecule has 80 valence electrons. The van der Waals surface area contributed by atoms with Crippen LogP contribution in [-0.4, -0.2) is 18.8 Å². The van der Waals surface area contributed by atoms with E-state index in [1.807, 2.05) is 5.94 Å². The Balaban J connectivity index is 2.00. The molecular weight excluding hydrogens is 192 g/mol. The van der Waals surface area contributed by atoms with Crippen molar-refractivity contribution < 1.29 is 14.3 Å². The molecule has 4 atom stereocenters. The van der Waals surface area contributed by atoms with Crippen LogP contribution >= 0.6 is 0 Å². The fourth-order valence-corrected chi connectivity index (χ4v) is 4.15. The first-order valence-electron chi connectivity index (χ1n) is 5.53. The Labute approximate surface area is 88.5 Å². The molecule has 0 spiro atoms. The molecule has 0 heterocycles. The number of carbonyl (C=O) groups excluding carboxylic acids is 2. The van der Waals surface area contributed by atoms with E-state index in [2.05, 4.69) is 0 Å². The number of carbonyl (C=O) groups is 1. The first-order valence-corrected chi connectivity index (χ1v) is 5.53. The smallest absolute Gasteiger partial charge is 0.185 e. The van der Waals surface area contributed by atoms with Crippen molar-refractivity contribution in [3.8, 4) is 0 Å². The summed E-state index contributed by atoms with van der Waals surface area (Å²) in [6.45, 7) is 0. The van der Waals surface area contributed by atoms with Crippen LogP contribution in [0, 0.1) is 23.2 Å². The van der Waals surface area contributed by atoms with Crippen molar-refractivity contribution in [1.29, 1.82) is 0 Å². The molecule has 0 N–H and O–H groups in total. The van der Waals surface area contributed by atoms with Gasteiger partial charge in [0.15, 0.2) is 11.7 Å². The van der Waals surface area contributed by atoms with Crippen molar-refractivity contribution in [3.05, 3.63) is 5.76 Å². The molecule has 0 aromatic carbocycles. The minimum absolute atomic E-state index is 0.136. The van der Waals surface area contributed by atoms with Gasteiger partial charge < -0.3 is 4.74 Å². The van der Waals surface area contributed by atoms with Crippen molar-refractivity contribution in [1.82, 2.24) is 0 Å². The van der Waals surface area contributed by atoms with E-state index in [4.69, 9.17) is 4.74 Å². The van der Waals surface area contributed by atoms with E-state index in [0.29, 0.717) is 17.5 Å². The number of hydrogen-bond acceptors (Lipinski definition) is 3. The van der Waals surface area contributed by atoms with Crippen molar-refractivity contribution in [3.63, 3.8) is 0 Å². The second kappa shape index (κ2) is 2.73. The van der Waals surface area contributed by atoms with Crippen LogP contribution in [0.2, 0.25) is 0 Å². The topological polar surface area (TPSA) is 43.4 Å². The average molecular weight is 206 g/mol. The third kappa shape index (κ3) is 0.967. The third-order valence-electron chi connectivity index (χ3n) is 4.60. The molecule has 15 heavy (non-hydrogen) atoms. The number of allylic oxidation sites excluding steroid dienone is 1. The van der Waals surface area contributed by atoms with Gasteiger partial charge in [0.2, 0.25) is 0 Å². The Kier molecular flexibility index (Phi) is 1.67. The monoisotopic (exact) mass is 206 g/mol. The van der Waals surface area contributed by atoms with Gasteiger partial charge in [-0.2, -0.15) is 0 Å². The lowest BCUT2D eigenvalue weighted by Crippen LogP contribution is -2.34. The maximum Gasteiger partial charge on any atom is 0.185 e. The fourth-order valence-electron chi connectivity index (χ4n) is 4.15. The van der Waals surface area contributed by atoms with Gasteiger partial charge in [-0.1, -0.05) is 0 Å². The Morgan fingerprint density at radius 3 is 2.80 bits per heavy atom. The van der Waals surface area contributed by atoms with Crippen molar-refractivity contribution in [2.24, 2.45) is 23.2 Å². The average Bonchev–Trinajstić information content (AvgIpc) is 2.60. The number of Topliss-reactive ketones (excluding diaryl/α,β-unsaturated/α-hetero) is 1. The highest BCUT2D eigenvalue weighted by molar-refractivity contribution is 5.88. The predicted molar refractivity (Wildman–Crippen MR) is 52.6 cm³/mol. The fraction of sp³-hybridized carbons (Fsp3) is 0.750. The molecule has 4 fully saturated rings. The molecule has 4 saturated carbocycles. The molecule has 0 saturated heterocycles. The highest BCUT2D eigenvalue weighted by Crippen LogP contribution is 2.64. The summed E-state index contributed by atoms with van der Waals surface area (Å²) >= 11 is 0. The van der Waals surface area contributed by atoms with Crippen molar-refractivity contribution in [2.45, 2.75) is 25.7 Å². The minimum Gasteiger partial charge on any atom is -0.489 e. The highest BCUT2D eigenvalue weighted by atomic mass is 16.5. The highest BCUT2D eigenvalue weighted by Gasteiger charge is 2.62. The number of ether oxygens (including phenoxy) is 1. The number of methoxy groups -OCH3 is 1. The van der Waals surface area contributed by atoms with Gasteiger partial charge in [0, 0.05) is 17.3 Å². The molecule has 3 heteroatoms. The van der Waals surface area contributed by atoms with Gasteiger partial charge in [-0.25, -0.2) is 4.79 Å². The first kappa shape index (κ1) is 9.17. The van der Waals surface area contributed by atoms with Crippen LogP contribution in [0.3, 0.4) is 0 Å². The summed E-state index contributed by atoms with van der Waals surface area (Å²) < 4.78 is 5.15. The van der Waals surface area contributed by atoms with E-state index in [1.165, 1.54) is 7.11 Å². The lowest BCUT2D eigenvalue weighted by molar-refractivity contribution is -0.127. The van der Waals surface area contributed by atoms with Crippen LogP contribution in [0.1, 0.15) is 25.7 Å². The van der Waals surface area contributed by atoms with E-state index < -0.39 is 0 Å². The van der Waals surface area contributed by atoms with Crippen LogP contribution < -0.4 is 0 Å².